The average Bonchev–Trinajstić information content (AvgIpc) is 3.55. The number of esters is 1. The molecule has 0 unspecified atom stereocenters. The second-order valence-electron chi connectivity index (χ2n) is 13.5. The molecule has 4 rings (SSSR count). The molecule has 1 heterocycles. The maximum atomic E-state index is 13.5. The second-order valence-corrected chi connectivity index (χ2v) is 13.5. The monoisotopic (exact) mass is 670 g/mol. The van der Waals surface area contributed by atoms with Crippen molar-refractivity contribution >= 4 is 5.97 Å². The minimum absolute atomic E-state index is 0.0667. The molecule has 268 valence electrons. The van der Waals surface area contributed by atoms with E-state index >= 15 is 0 Å². The normalized spacial score (nSPS) is 19.5. The molecule has 2 aromatic carbocycles. The van der Waals surface area contributed by atoms with Crippen LogP contribution in [0.15, 0.2) is 12.1 Å². The summed E-state index contributed by atoms with van der Waals surface area (Å²) in [5.74, 6) is 1.96. The Morgan fingerprint density at radius 2 is 1.38 bits per heavy atom. The van der Waals surface area contributed by atoms with Crippen LogP contribution in [-0.4, -0.2) is 51.9 Å². The molecule has 0 radical (unpaired) electrons. The van der Waals surface area contributed by atoms with E-state index in [1.807, 2.05) is 13.0 Å². The molecule has 0 fully saturated rings. The van der Waals surface area contributed by atoms with E-state index < -0.39 is 11.7 Å². The van der Waals surface area contributed by atoms with Crippen LogP contribution in [0.1, 0.15) is 128 Å². The van der Waals surface area contributed by atoms with Gasteiger partial charge in [0.05, 0.1) is 28.4 Å². The lowest BCUT2D eigenvalue weighted by molar-refractivity contribution is -0.171. The van der Waals surface area contributed by atoms with Crippen LogP contribution in [0.25, 0.3) is 11.1 Å². The van der Waals surface area contributed by atoms with Crippen LogP contribution in [0.2, 0.25) is 0 Å². The lowest BCUT2D eigenvalue weighted by Crippen LogP contribution is -2.43. The first-order chi connectivity index (χ1) is 23.2. The molecule has 48 heavy (non-hydrogen) atoms. The predicted molar refractivity (Wildman–Crippen MR) is 187 cm³/mol. The number of rotatable bonds is 19. The van der Waals surface area contributed by atoms with E-state index in [9.17, 15) is 9.90 Å². The van der Waals surface area contributed by atoms with Gasteiger partial charge in [-0.1, -0.05) is 90.9 Å². The number of unbranched alkanes of at least 4 members (excludes halogenated alkanes) is 12. The number of aliphatic hydroxyl groups is 1. The summed E-state index contributed by atoms with van der Waals surface area (Å²) in [5, 5.41) is 12.2. The third kappa shape index (κ3) is 8.44. The predicted octanol–water partition coefficient (Wildman–Crippen LogP) is 9.13. The zero-order valence-electron chi connectivity index (χ0n) is 30.3. The molecule has 2 aromatic rings. The Kier molecular flexibility index (Phi) is 14.0. The summed E-state index contributed by atoms with van der Waals surface area (Å²) < 4.78 is 41.3. The molecule has 9 nitrogen and oxygen atoms in total. The molecular weight excluding hydrogens is 612 g/mol. The van der Waals surface area contributed by atoms with Crippen molar-refractivity contribution in [3.05, 3.63) is 23.3 Å². The van der Waals surface area contributed by atoms with E-state index in [0.717, 1.165) is 24.8 Å². The van der Waals surface area contributed by atoms with Crippen molar-refractivity contribution in [3.63, 3.8) is 0 Å². The Labute approximate surface area is 287 Å². The fourth-order valence-corrected chi connectivity index (χ4v) is 7.10. The smallest absolute Gasteiger partial charge is 0.306 e. The Hall–Kier alpha value is -3.33. The zero-order chi connectivity index (χ0) is 34.7. The highest BCUT2D eigenvalue weighted by Gasteiger charge is 2.47. The third-order valence-electron chi connectivity index (χ3n) is 10.1. The van der Waals surface area contributed by atoms with Gasteiger partial charge in [-0.05, 0) is 43.4 Å². The van der Waals surface area contributed by atoms with Crippen molar-refractivity contribution in [2.45, 2.75) is 129 Å². The number of fused-ring (bicyclic) bond motifs is 4. The standard InChI is InChI=1S/C39H58O9/c1-8-9-10-11-12-13-14-15-16-17-18-19-20-21-31(40)48-38-28-24-29(42-4)34(43-5)37(45-7)33(28)32-27(22-26(2)39(38,3)41)23-30-35(36(32)44-6)47-25-46-30/h23-24,26,38,41H,8-22,25H2,1-7H3/t26-,38-,39-/m0/s1. The Balaban J connectivity index is 1.54. The van der Waals surface area contributed by atoms with Gasteiger partial charge in [0.2, 0.25) is 18.3 Å². The highest BCUT2D eigenvalue weighted by molar-refractivity contribution is 5.89. The first-order valence-corrected chi connectivity index (χ1v) is 18.0. The van der Waals surface area contributed by atoms with Crippen LogP contribution < -0.4 is 28.4 Å². The number of ether oxygens (including phenoxy) is 7. The Bertz CT molecular complexity index is 1350. The summed E-state index contributed by atoms with van der Waals surface area (Å²) in [6, 6.07) is 3.69. The van der Waals surface area contributed by atoms with Gasteiger partial charge in [-0.3, -0.25) is 4.79 Å². The fraction of sp³-hybridized carbons (Fsp3) is 0.667. The van der Waals surface area contributed by atoms with Crippen LogP contribution >= 0.6 is 0 Å². The van der Waals surface area contributed by atoms with E-state index in [0.29, 0.717) is 57.6 Å². The van der Waals surface area contributed by atoms with Crippen molar-refractivity contribution in [3.8, 4) is 45.6 Å². The number of hydrogen-bond acceptors (Lipinski definition) is 9. The second kappa shape index (κ2) is 17.9. The van der Waals surface area contributed by atoms with Crippen molar-refractivity contribution < 1.29 is 43.1 Å². The van der Waals surface area contributed by atoms with E-state index in [4.69, 9.17) is 33.2 Å². The van der Waals surface area contributed by atoms with Crippen LogP contribution in [-0.2, 0) is 16.0 Å². The lowest BCUT2D eigenvalue weighted by Gasteiger charge is -2.41. The van der Waals surface area contributed by atoms with Crippen molar-refractivity contribution in [1.82, 2.24) is 0 Å². The third-order valence-corrected chi connectivity index (χ3v) is 10.1. The highest BCUT2D eigenvalue weighted by Crippen LogP contribution is 2.59. The molecule has 0 aromatic heterocycles. The first kappa shape index (κ1) is 37.5. The van der Waals surface area contributed by atoms with Crippen molar-refractivity contribution in [2.75, 3.05) is 35.2 Å². The van der Waals surface area contributed by atoms with Crippen LogP contribution in [0.5, 0.6) is 34.5 Å². The summed E-state index contributed by atoms with van der Waals surface area (Å²) in [7, 11) is 6.20. The van der Waals surface area contributed by atoms with E-state index in [1.54, 1.807) is 34.3 Å². The quantitative estimate of drug-likeness (QED) is 0.116. The van der Waals surface area contributed by atoms with E-state index in [1.165, 1.54) is 71.3 Å². The van der Waals surface area contributed by atoms with Gasteiger partial charge in [-0.2, -0.15) is 0 Å². The Morgan fingerprint density at radius 1 is 0.792 bits per heavy atom. The highest BCUT2D eigenvalue weighted by atomic mass is 16.7. The summed E-state index contributed by atoms with van der Waals surface area (Å²) in [4.78, 5) is 13.5. The molecule has 9 heteroatoms. The van der Waals surface area contributed by atoms with Gasteiger partial charge in [0, 0.05) is 23.1 Å². The van der Waals surface area contributed by atoms with Gasteiger partial charge in [-0.25, -0.2) is 0 Å². The van der Waals surface area contributed by atoms with Crippen LogP contribution in [0.4, 0.5) is 0 Å². The topological polar surface area (TPSA) is 102 Å². The molecule has 0 spiro atoms. The molecular formula is C39H58O9. The van der Waals surface area contributed by atoms with Crippen LogP contribution in [0, 0.1) is 5.92 Å². The van der Waals surface area contributed by atoms with Gasteiger partial charge < -0.3 is 38.3 Å². The summed E-state index contributed by atoms with van der Waals surface area (Å²) in [6.07, 6.45) is 15.6. The van der Waals surface area contributed by atoms with Crippen molar-refractivity contribution in [1.29, 1.82) is 0 Å². The average molecular weight is 671 g/mol. The molecule has 2 aliphatic rings. The molecule has 1 aliphatic carbocycles. The number of methoxy groups -OCH3 is 4. The minimum Gasteiger partial charge on any atom is -0.493 e. The summed E-state index contributed by atoms with van der Waals surface area (Å²) >= 11 is 0. The number of carbonyl (C=O) groups is 1. The number of hydrogen-bond donors (Lipinski definition) is 1. The first-order valence-electron chi connectivity index (χ1n) is 18.0. The largest absolute Gasteiger partial charge is 0.493 e. The summed E-state index contributed by atoms with van der Waals surface area (Å²) in [6.45, 7) is 6.00. The maximum absolute atomic E-state index is 13.5. The maximum Gasteiger partial charge on any atom is 0.306 e. The molecule has 0 bridgehead atoms. The molecule has 0 saturated heterocycles. The number of carbonyl (C=O) groups excluding carboxylic acids is 1. The molecule has 0 saturated carbocycles. The van der Waals surface area contributed by atoms with Gasteiger partial charge in [0.25, 0.3) is 0 Å². The SMILES string of the molecule is CCCCCCCCCCCCCCCC(=O)O[C@H]1c2cc(OC)c(OC)c(OC)c2-c2c(cc3c(c2OC)OCO3)C[C@H](C)[C@]1(C)O. The lowest BCUT2D eigenvalue weighted by atomic mass is 9.73. The van der Waals surface area contributed by atoms with E-state index in [2.05, 4.69) is 6.92 Å². The van der Waals surface area contributed by atoms with Gasteiger partial charge in [0.15, 0.2) is 29.1 Å². The van der Waals surface area contributed by atoms with Gasteiger partial charge in [-0.15, -0.1) is 0 Å². The van der Waals surface area contributed by atoms with Crippen LogP contribution in [0.3, 0.4) is 0 Å². The van der Waals surface area contributed by atoms with Gasteiger partial charge in [0.1, 0.15) is 5.60 Å². The summed E-state index contributed by atoms with van der Waals surface area (Å²) in [5.41, 5.74) is 1.22. The van der Waals surface area contributed by atoms with E-state index in [-0.39, 0.29) is 25.1 Å². The minimum atomic E-state index is -1.45. The van der Waals surface area contributed by atoms with Gasteiger partial charge >= 0.3 is 5.97 Å². The fourth-order valence-electron chi connectivity index (χ4n) is 7.10. The number of benzene rings is 2. The zero-order valence-corrected chi connectivity index (χ0v) is 30.3. The molecule has 3 atom stereocenters. The Morgan fingerprint density at radius 3 is 1.94 bits per heavy atom. The molecule has 1 aliphatic heterocycles. The van der Waals surface area contributed by atoms with Crippen molar-refractivity contribution in [2.24, 2.45) is 5.92 Å². The molecule has 1 N–H and O–H groups in total. The molecule has 0 amide bonds.